The Morgan fingerprint density at radius 1 is 1.00 bits per heavy atom. The molecule has 0 unspecified atom stereocenters. The Kier molecular flexibility index (Phi) is 6.94. The molecule has 1 aliphatic rings. The number of amides is 1. The van der Waals surface area contributed by atoms with Crippen molar-refractivity contribution in [2.75, 3.05) is 30.4 Å². The second-order valence-corrected chi connectivity index (χ2v) is 10.5. The van der Waals surface area contributed by atoms with Crippen molar-refractivity contribution < 1.29 is 19.1 Å². The molecule has 4 aromatic heterocycles. The molecule has 0 aromatic carbocycles. The van der Waals surface area contributed by atoms with Gasteiger partial charge in [-0.3, -0.25) is 14.8 Å². The van der Waals surface area contributed by atoms with Crippen molar-refractivity contribution in [2.24, 2.45) is 0 Å². The molecule has 1 aliphatic heterocycles. The van der Waals surface area contributed by atoms with Crippen LogP contribution in [0.25, 0.3) is 33.5 Å². The first-order chi connectivity index (χ1) is 18.6. The van der Waals surface area contributed by atoms with Gasteiger partial charge in [0.15, 0.2) is 0 Å². The van der Waals surface area contributed by atoms with E-state index < -0.39 is 11.7 Å². The molecule has 1 fully saturated rings. The van der Waals surface area contributed by atoms with Crippen LogP contribution in [0, 0.1) is 0 Å². The third-order valence-electron chi connectivity index (χ3n) is 6.40. The van der Waals surface area contributed by atoms with Crippen LogP contribution in [0.4, 0.5) is 16.3 Å². The number of nitrogens with one attached hydrogen (secondary N) is 1. The minimum absolute atomic E-state index is 0.249. The second kappa shape index (κ2) is 10.4. The number of pyridine rings is 3. The highest BCUT2D eigenvalue weighted by Crippen LogP contribution is 2.41. The molecule has 39 heavy (non-hydrogen) atoms. The third-order valence-corrected chi connectivity index (χ3v) is 6.40. The fourth-order valence-corrected chi connectivity index (χ4v) is 4.79. The Labute approximate surface area is 227 Å². The van der Waals surface area contributed by atoms with Crippen LogP contribution in [0.15, 0.2) is 48.9 Å². The van der Waals surface area contributed by atoms with Gasteiger partial charge in [-0.15, -0.1) is 0 Å². The van der Waals surface area contributed by atoms with E-state index >= 15 is 0 Å². The number of nitrogens with zero attached hydrogens (tertiary/aromatic N) is 5. The van der Waals surface area contributed by atoms with Crippen molar-refractivity contribution in [2.45, 2.75) is 46.1 Å². The number of ether oxygens (including phenoxy) is 2. The predicted molar refractivity (Wildman–Crippen MR) is 150 cm³/mol. The molecule has 1 saturated heterocycles. The van der Waals surface area contributed by atoms with Crippen molar-refractivity contribution in [1.29, 1.82) is 0 Å². The first-order valence-corrected chi connectivity index (χ1v) is 12.9. The van der Waals surface area contributed by atoms with Crippen LogP contribution in [-0.2, 0) is 9.53 Å². The summed E-state index contributed by atoms with van der Waals surface area (Å²) in [7, 11) is 1.58. The molecule has 0 radical (unpaired) electrons. The van der Waals surface area contributed by atoms with Crippen molar-refractivity contribution in [3.8, 4) is 28.3 Å². The van der Waals surface area contributed by atoms with Gasteiger partial charge in [-0.1, -0.05) is 0 Å². The van der Waals surface area contributed by atoms with Crippen molar-refractivity contribution in [3.63, 3.8) is 0 Å². The number of hydrogen-bond acceptors (Lipinski definition) is 8. The van der Waals surface area contributed by atoms with Crippen LogP contribution in [0.5, 0.6) is 5.75 Å². The molecular weight excluding hydrogens is 496 g/mol. The van der Waals surface area contributed by atoms with Crippen LogP contribution in [0.1, 0.15) is 40.5 Å². The summed E-state index contributed by atoms with van der Waals surface area (Å²) in [6.45, 7) is 8.78. The summed E-state index contributed by atoms with van der Waals surface area (Å²) in [5.74, 6) is 0.721. The minimum atomic E-state index is -0.733. The van der Waals surface area contributed by atoms with E-state index in [0.29, 0.717) is 45.1 Å². The van der Waals surface area contributed by atoms with Gasteiger partial charge < -0.3 is 19.7 Å². The Bertz CT molecular complexity index is 1530. The maximum absolute atomic E-state index is 13.9. The van der Waals surface area contributed by atoms with Gasteiger partial charge in [0, 0.05) is 31.8 Å². The fourth-order valence-electron chi connectivity index (χ4n) is 4.79. The molecule has 0 atom stereocenters. The van der Waals surface area contributed by atoms with E-state index in [9.17, 15) is 9.59 Å². The third kappa shape index (κ3) is 5.41. The molecule has 5 heterocycles. The monoisotopic (exact) mass is 528 g/mol. The Balaban J connectivity index is 1.83. The lowest BCUT2D eigenvalue weighted by Gasteiger charge is -2.22. The molecular formula is C29H32N6O4. The van der Waals surface area contributed by atoms with Crippen LogP contribution < -0.4 is 15.0 Å². The summed E-state index contributed by atoms with van der Waals surface area (Å²) in [5, 5.41) is 2.73. The quantitative estimate of drug-likeness (QED) is 0.361. The van der Waals surface area contributed by atoms with E-state index in [1.165, 1.54) is 6.92 Å². The summed E-state index contributed by atoms with van der Waals surface area (Å²) in [4.78, 5) is 41.7. The van der Waals surface area contributed by atoms with Crippen LogP contribution >= 0.6 is 0 Å². The molecule has 4 aromatic rings. The molecule has 5 rings (SSSR count). The highest BCUT2D eigenvalue weighted by atomic mass is 16.6. The maximum atomic E-state index is 13.9. The van der Waals surface area contributed by atoms with Gasteiger partial charge in [0.1, 0.15) is 17.2 Å². The summed E-state index contributed by atoms with van der Waals surface area (Å²) in [6.07, 6.45) is 6.75. The molecule has 0 spiro atoms. The second-order valence-electron chi connectivity index (χ2n) is 10.5. The Hall–Kier alpha value is -4.47. The van der Waals surface area contributed by atoms with Crippen LogP contribution in [0.3, 0.4) is 0 Å². The smallest absolute Gasteiger partial charge is 0.419 e. The van der Waals surface area contributed by atoms with E-state index in [2.05, 4.69) is 20.2 Å². The first kappa shape index (κ1) is 26.1. The number of methoxy groups -OCH3 is 1. The maximum Gasteiger partial charge on any atom is 0.419 e. The van der Waals surface area contributed by atoms with Gasteiger partial charge in [-0.05, 0) is 63.9 Å². The number of rotatable bonds is 5. The van der Waals surface area contributed by atoms with Gasteiger partial charge in [-0.2, -0.15) is 0 Å². The Morgan fingerprint density at radius 2 is 1.77 bits per heavy atom. The summed E-state index contributed by atoms with van der Waals surface area (Å²) < 4.78 is 12.8. The molecule has 10 nitrogen and oxygen atoms in total. The van der Waals surface area contributed by atoms with E-state index in [1.807, 2.05) is 45.2 Å². The fraction of sp³-hybridized carbons (Fsp3) is 0.345. The van der Waals surface area contributed by atoms with Gasteiger partial charge in [0.25, 0.3) is 0 Å². The lowest BCUT2D eigenvalue weighted by molar-refractivity contribution is -0.114. The summed E-state index contributed by atoms with van der Waals surface area (Å²) >= 11 is 0. The molecule has 0 aliphatic carbocycles. The normalized spacial score (nSPS) is 13.5. The number of aromatic nitrogens is 4. The lowest BCUT2D eigenvalue weighted by atomic mass is 10.0. The minimum Gasteiger partial charge on any atom is -0.495 e. The number of carbonyl (C=O) groups excluding carboxylic acids is 2. The Morgan fingerprint density at radius 3 is 2.41 bits per heavy atom. The lowest BCUT2D eigenvalue weighted by Crippen LogP contribution is -2.27. The summed E-state index contributed by atoms with van der Waals surface area (Å²) in [5.41, 5.74) is 3.87. The van der Waals surface area contributed by atoms with Crippen molar-refractivity contribution in [3.05, 3.63) is 48.9 Å². The number of anilines is 2. The molecule has 10 heteroatoms. The van der Waals surface area contributed by atoms with Gasteiger partial charge in [0.05, 0.1) is 53.2 Å². The highest BCUT2D eigenvalue weighted by molar-refractivity contribution is 6.07. The first-order valence-electron chi connectivity index (χ1n) is 12.9. The van der Waals surface area contributed by atoms with E-state index in [-0.39, 0.29) is 5.91 Å². The van der Waals surface area contributed by atoms with Gasteiger partial charge in [-0.25, -0.2) is 14.3 Å². The average Bonchev–Trinajstić information content (AvgIpc) is 3.54. The number of fused-ring (bicyclic) bond motifs is 1. The molecule has 0 bridgehead atoms. The molecule has 202 valence electrons. The molecule has 0 saturated carbocycles. The van der Waals surface area contributed by atoms with E-state index in [4.69, 9.17) is 14.5 Å². The number of carbonyl (C=O) groups is 2. The average molecular weight is 529 g/mol. The topological polar surface area (TPSA) is 111 Å². The summed E-state index contributed by atoms with van der Waals surface area (Å²) in [6, 6.07) is 9.16. The van der Waals surface area contributed by atoms with Crippen molar-refractivity contribution >= 4 is 34.5 Å². The van der Waals surface area contributed by atoms with E-state index in [0.717, 1.165) is 31.6 Å². The van der Waals surface area contributed by atoms with Crippen LogP contribution in [0.2, 0.25) is 0 Å². The van der Waals surface area contributed by atoms with Gasteiger partial charge in [0.2, 0.25) is 5.91 Å². The highest BCUT2D eigenvalue weighted by Gasteiger charge is 2.30. The molecule has 1 N–H and O–H groups in total. The predicted octanol–water partition coefficient (Wildman–Crippen LogP) is 5.51. The zero-order valence-corrected chi connectivity index (χ0v) is 22.8. The largest absolute Gasteiger partial charge is 0.495 e. The van der Waals surface area contributed by atoms with Gasteiger partial charge >= 0.3 is 6.09 Å². The standard InChI is InChI=1S/C29H32N6O4/c1-18(36)33-24-14-19(10-11-30-24)27-25(22-9-8-21(38-5)17-31-22)26-23(35(27)28(37)39-29(2,3)4)15-20(16-32-26)34-12-6-7-13-34/h8-11,14-17H,6-7,12-13H2,1-5H3,(H,30,33,36). The van der Waals surface area contributed by atoms with E-state index in [1.54, 1.807) is 36.2 Å². The van der Waals surface area contributed by atoms with Crippen molar-refractivity contribution in [1.82, 2.24) is 19.5 Å². The zero-order chi connectivity index (χ0) is 27.7. The van der Waals surface area contributed by atoms with Crippen LogP contribution in [-0.4, -0.2) is 57.3 Å². The number of hydrogen-bond donors (Lipinski definition) is 1. The SMILES string of the molecule is COc1ccc(-c2c(-c3ccnc(NC(C)=O)c3)n(C(=O)OC(C)(C)C)c3cc(N4CCCC4)cnc23)nc1. The zero-order valence-electron chi connectivity index (χ0n) is 22.8. The molecule has 1 amide bonds.